The van der Waals surface area contributed by atoms with Crippen LogP contribution in [-0.4, -0.2) is 49.2 Å². The molecule has 1 heterocycles. The van der Waals surface area contributed by atoms with Crippen LogP contribution in [0.3, 0.4) is 0 Å². The number of hydrogen-bond donors (Lipinski definition) is 1. The summed E-state index contributed by atoms with van der Waals surface area (Å²) in [5.74, 6) is 0.635. The van der Waals surface area contributed by atoms with Gasteiger partial charge in [-0.15, -0.1) is 0 Å². The Labute approximate surface area is 147 Å². The lowest BCUT2D eigenvalue weighted by Gasteiger charge is -2.35. The van der Waals surface area contributed by atoms with Gasteiger partial charge in [-0.1, -0.05) is 6.92 Å². The van der Waals surface area contributed by atoms with Crippen molar-refractivity contribution in [1.29, 1.82) is 0 Å². The van der Waals surface area contributed by atoms with E-state index in [9.17, 15) is 14.7 Å². The lowest BCUT2D eigenvalue weighted by atomic mass is 9.87. The predicted molar refractivity (Wildman–Crippen MR) is 91.9 cm³/mol. The van der Waals surface area contributed by atoms with Crippen molar-refractivity contribution in [2.24, 2.45) is 17.8 Å². The third kappa shape index (κ3) is 3.43. The van der Waals surface area contributed by atoms with Gasteiger partial charge in [0.1, 0.15) is 11.5 Å². The molecule has 6 heteroatoms. The molecular formula is C19H25NO5. The van der Waals surface area contributed by atoms with Gasteiger partial charge in [-0.05, 0) is 37.0 Å². The lowest BCUT2D eigenvalue weighted by Crippen LogP contribution is -2.45. The monoisotopic (exact) mass is 347 g/mol. The molecule has 2 aliphatic rings. The molecular weight excluding hydrogens is 322 g/mol. The molecule has 3 rings (SSSR count). The van der Waals surface area contributed by atoms with Crippen LogP contribution in [0, 0.1) is 17.8 Å². The summed E-state index contributed by atoms with van der Waals surface area (Å²) in [5.41, 5.74) is 1.01. The van der Waals surface area contributed by atoms with Crippen molar-refractivity contribution in [3.63, 3.8) is 0 Å². The van der Waals surface area contributed by atoms with Crippen molar-refractivity contribution < 1.29 is 24.2 Å². The Morgan fingerprint density at radius 2 is 1.96 bits per heavy atom. The smallest absolute Gasteiger partial charge is 0.306 e. The van der Waals surface area contributed by atoms with E-state index in [2.05, 4.69) is 0 Å². The number of likely N-dealkylation sites (tertiary alicyclic amines) is 1. The number of ether oxygens (including phenoxy) is 2. The van der Waals surface area contributed by atoms with Crippen LogP contribution in [0.15, 0.2) is 18.2 Å². The number of carboxylic acids is 1. The lowest BCUT2D eigenvalue weighted by molar-refractivity contribution is -0.148. The Kier molecular flexibility index (Phi) is 4.88. The summed E-state index contributed by atoms with van der Waals surface area (Å²) in [6.07, 6.45) is 1.33. The van der Waals surface area contributed by atoms with E-state index in [1.54, 1.807) is 14.2 Å². The number of methoxy groups -OCH3 is 2. The Bertz CT molecular complexity index is 674. The standard InChI is InChI=1S/C19H25NO5/c1-11-10-20(7-6-13(11)19(22)23)18(21)16-9-14(16)15-8-12(24-2)4-5-17(15)25-3/h4-5,8,11,13-14,16H,6-7,9-10H2,1-3H3,(H,22,23). The number of benzene rings is 1. The first-order chi connectivity index (χ1) is 12.0. The number of amides is 1. The third-order valence-corrected chi connectivity index (χ3v) is 5.48. The average molecular weight is 347 g/mol. The van der Waals surface area contributed by atoms with Crippen LogP contribution in [0.1, 0.15) is 31.2 Å². The first-order valence-electron chi connectivity index (χ1n) is 8.69. The van der Waals surface area contributed by atoms with Gasteiger partial charge in [0.25, 0.3) is 0 Å². The molecule has 136 valence electrons. The van der Waals surface area contributed by atoms with Gasteiger partial charge in [0.05, 0.1) is 20.1 Å². The van der Waals surface area contributed by atoms with Gasteiger partial charge in [-0.2, -0.15) is 0 Å². The van der Waals surface area contributed by atoms with E-state index in [0.717, 1.165) is 23.5 Å². The molecule has 1 N–H and O–H groups in total. The van der Waals surface area contributed by atoms with Crippen LogP contribution >= 0.6 is 0 Å². The second-order valence-electron chi connectivity index (χ2n) is 7.05. The Morgan fingerprint density at radius 1 is 1.20 bits per heavy atom. The Balaban J connectivity index is 1.68. The van der Waals surface area contributed by atoms with Crippen LogP contribution < -0.4 is 9.47 Å². The van der Waals surface area contributed by atoms with Crippen molar-refractivity contribution in [2.75, 3.05) is 27.3 Å². The van der Waals surface area contributed by atoms with Crippen LogP contribution in [0.5, 0.6) is 11.5 Å². The largest absolute Gasteiger partial charge is 0.497 e. The molecule has 2 fully saturated rings. The number of carbonyl (C=O) groups excluding carboxylic acids is 1. The fourth-order valence-electron chi connectivity index (χ4n) is 3.89. The Morgan fingerprint density at radius 3 is 2.56 bits per heavy atom. The molecule has 1 amide bonds. The zero-order valence-corrected chi connectivity index (χ0v) is 14.9. The number of hydrogen-bond acceptors (Lipinski definition) is 4. The molecule has 4 unspecified atom stereocenters. The van der Waals surface area contributed by atoms with E-state index in [4.69, 9.17) is 9.47 Å². The quantitative estimate of drug-likeness (QED) is 0.885. The van der Waals surface area contributed by atoms with Crippen molar-refractivity contribution in [3.05, 3.63) is 23.8 Å². The molecule has 0 aromatic heterocycles. The third-order valence-electron chi connectivity index (χ3n) is 5.48. The highest BCUT2D eigenvalue weighted by atomic mass is 16.5. The van der Waals surface area contributed by atoms with Gasteiger partial charge in [0, 0.05) is 30.5 Å². The fourth-order valence-corrected chi connectivity index (χ4v) is 3.89. The van der Waals surface area contributed by atoms with E-state index in [0.29, 0.717) is 19.5 Å². The summed E-state index contributed by atoms with van der Waals surface area (Å²) in [5, 5.41) is 9.22. The molecule has 1 saturated carbocycles. The second-order valence-corrected chi connectivity index (χ2v) is 7.05. The van der Waals surface area contributed by atoms with Crippen LogP contribution in [0.2, 0.25) is 0 Å². The highest BCUT2D eigenvalue weighted by Crippen LogP contribution is 2.52. The highest BCUT2D eigenvalue weighted by molar-refractivity contribution is 5.83. The molecule has 4 atom stereocenters. The van der Waals surface area contributed by atoms with Crippen LogP contribution in [-0.2, 0) is 9.59 Å². The van der Waals surface area contributed by atoms with Gasteiger partial charge in [0.2, 0.25) is 5.91 Å². The molecule has 25 heavy (non-hydrogen) atoms. The minimum atomic E-state index is -0.759. The topological polar surface area (TPSA) is 76.1 Å². The van der Waals surface area contributed by atoms with E-state index in [-0.39, 0.29) is 29.6 Å². The molecule has 1 saturated heterocycles. The average Bonchev–Trinajstić information content (AvgIpc) is 3.40. The summed E-state index contributed by atoms with van der Waals surface area (Å²) in [4.78, 5) is 25.9. The Hall–Kier alpha value is -2.24. The van der Waals surface area contributed by atoms with Crippen molar-refractivity contribution in [2.45, 2.75) is 25.7 Å². The molecule has 1 aromatic carbocycles. The molecule has 1 aliphatic carbocycles. The van der Waals surface area contributed by atoms with Gasteiger partial charge in [-0.3, -0.25) is 9.59 Å². The molecule has 0 bridgehead atoms. The second kappa shape index (κ2) is 6.94. The summed E-state index contributed by atoms with van der Waals surface area (Å²) in [6.45, 7) is 2.96. The predicted octanol–water partition coefficient (Wildman–Crippen LogP) is 2.38. The van der Waals surface area contributed by atoms with Gasteiger partial charge in [0.15, 0.2) is 0 Å². The van der Waals surface area contributed by atoms with Crippen LogP contribution in [0.4, 0.5) is 0 Å². The van der Waals surface area contributed by atoms with E-state index >= 15 is 0 Å². The van der Waals surface area contributed by atoms with Crippen molar-refractivity contribution in [3.8, 4) is 11.5 Å². The van der Waals surface area contributed by atoms with Crippen LogP contribution in [0.25, 0.3) is 0 Å². The first-order valence-corrected chi connectivity index (χ1v) is 8.69. The highest BCUT2D eigenvalue weighted by Gasteiger charge is 2.48. The molecule has 0 spiro atoms. The number of aliphatic carboxylic acids is 1. The normalized spacial score (nSPS) is 28.4. The summed E-state index contributed by atoms with van der Waals surface area (Å²) < 4.78 is 10.7. The van der Waals surface area contributed by atoms with Crippen molar-refractivity contribution in [1.82, 2.24) is 4.90 Å². The van der Waals surface area contributed by atoms with E-state index < -0.39 is 5.97 Å². The maximum absolute atomic E-state index is 12.8. The number of carbonyl (C=O) groups is 2. The number of carboxylic acid groups (broad SMARTS) is 1. The minimum Gasteiger partial charge on any atom is -0.497 e. The summed E-state index contributed by atoms with van der Waals surface area (Å²) >= 11 is 0. The molecule has 0 radical (unpaired) electrons. The van der Waals surface area contributed by atoms with Gasteiger partial charge < -0.3 is 19.5 Å². The first kappa shape index (κ1) is 17.6. The summed E-state index contributed by atoms with van der Waals surface area (Å²) in [7, 11) is 3.25. The number of piperidine rings is 1. The van der Waals surface area contributed by atoms with Gasteiger partial charge in [-0.25, -0.2) is 0 Å². The molecule has 1 aromatic rings. The van der Waals surface area contributed by atoms with Gasteiger partial charge >= 0.3 is 5.97 Å². The zero-order valence-electron chi connectivity index (χ0n) is 14.9. The summed E-state index contributed by atoms with van der Waals surface area (Å²) in [6, 6.07) is 5.66. The van der Waals surface area contributed by atoms with E-state index in [1.807, 2.05) is 30.0 Å². The fraction of sp³-hybridized carbons (Fsp3) is 0.579. The number of rotatable bonds is 5. The molecule has 6 nitrogen and oxygen atoms in total. The maximum atomic E-state index is 12.8. The number of nitrogens with zero attached hydrogens (tertiary/aromatic N) is 1. The van der Waals surface area contributed by atoms with Crippen molar-refractivity contribution >= 4 is 11.9 Å². The molecule has 1 aliphatic heterocycles. The zero-order chi connectivity index (χ0) is 18.1. The van der Waals surface area contributed by atoms with E-state index in [1.165, 1.54) is 0 Å². The SMILES string of the molecule is COc1ccc(OC)c(C2CC2C(=O)N2CCC(C(=O)O)C(C)C2)c1. The maximum Gasteiger partial charge on any atom is 0.306 e. The minimum absolute atomic E-state index is 0.0150.